The zero-order valence-electron chi connectivity index (χ0n) is 5.82. The quantitative estimate of drug-likeness (QED) is 0.420. The Morgan fingerprint density at radius 1 is 1.73 bits per heavy atom. The number of carbonyl (C=O) groups excluding carboxylic acids is 2. The zero-order valence-corrected chi connectivity index (χ0v) is 6.63. The standard InChI is InChI=1S/C7H7NO2S/c9-3-5-2-8-6(10)1-7(8)11-4-5/h3-4,7H,1-2H2. The molecule has 0 bridgehead atoms. The molecule has 2 aliphatic heterocycles. The third-order valence-electron chi connectivity index (χ3n) is 1.90. The van der Waals surface area contributed by atoms with E-state index in [1.807, 2.05) is 5.41 Å². The number of rotatable bonds is 1. The second-order valence-electron chi connectivity index (χ2n) is 2.63. The van der Waals surface area contributed by atoms with Crippen molar-refractivity contribution in [1.29, 1.82) is 0 Å². The summed E-state index contributed by atoms with van der Waals surface area (Å²) in [6.45, 7) is 0.514. The summed E-state index contributed by atoms with van der Waals surface area (Å²) < 4.78 is 0. The maximum atomic E-state index is 10.9. The van der Waals surface area contributed by atoms with Gasteiger partial charge >= 0.3 is 0 Å². The van der Waals surface area contributed by atoms with Crippen LogP contribution in [0.4, 0.5) is 0 Å². The molecule has 1 amide bonds. The molecule has 0 aromatic carbocycles. The van der Waals surface area contributed by atoms with Crippen molar-refractivity contribution in [1.82, 2.24) is 4.90 Å². The smallest absolute Gasteiger partial charge is 0.226 e. The lowest BCUT2D eigenvalue weighted by Crippen LogP contribution is -2.52. The first kappa shape index (κ1) is 6.91. The highest BCUT2D eigenvalue weighted by molar-refractivity contribution is 8.02. The van der Waals surface area contributed by atoms with Gasteiger partial charge in [-0.2, -0.15) is 0 Å². The van der Waals surface area contributed by atoms with E-state index in [0.717, 1.165) is 6.29 Å². The normalized spacial score (nSPS) is 28.7. The molecule has 2 aliphatic rings. The Labute approximate surface area is 68.4 Å². The molecule has 0 radical (unpaired) electrons. The first-order valence-corrected chi connectivity index (χ1v) is 4.34. The van der Waals surface area contributed by atoms with Crippen molar-refractivity contribution in [3.8, 4) is 0 Å². The van der Waals surface area contributed by atoms with Gasteiger partial charge in [0.15, 0.2) is 0 Å². The molecule has 0 saturated carbocycles. The lowest BCUT2D eigenvalue weighted by Gasteiger charge is -2.41. The van der Waals surface area contributed by atoms with Crippen molar-refractivity contribution in [2.75, 3.05) is 6.54 Å². The lowest BCUT2D eigenvalue weighted by molar-refractivity contribution is -0.140. The number of aldehydes is 1. The fourth-order valence-corrected chi connectivity index (χ4v) is 2.24. The predicted molar refractivity (Wildman–Crippen MR) is 41.9 cm³/mol. The average molecular weight is 169 g/mol. The molecule has 0 aliphatic carbocycles. The number of amides is 1. The summed E-state index contributed by atoms with van der Waals surface area (Å²) in [6.07, 6.45) is 1.45. The lowest BCUT2D eigenvalue weighted by atomic mass is 10.1. The van der Waals surface area contributed by atoms with Gasteiger partial charge in [0.25, 0.3) is 0 Å². The number of β-lactam (4-membered cyclic amide) rings is 1. The van der Waals surface area contributed by atoms with Crippen LogP contribution in [-0.4, -0.2) is 29.0 Å². The summed E-state index contributed by atoms with van der Waals surface area (Å²) in [5.41, 5.74) is 0.708. The van der Waals surface area contributed by atoms with Crippen molar-refractivity contribution in [3.05, 3.63) is 11.0 Å². The summed E-state index contributed by atoms with van der Waals surface area (Å²) in [6, 6.07) is 0. The highest BCUT2D eigenvalue weighted by atomic mass is 32.2. The Morgan fingerprint density at radius 2 is 2.55 bits per heavy atom. The molecule has 4 heteroatoms. The molecule has 2 heterocycles. The van der Waals surface area contributed by atoms with Gasteiger partial charge in [-0.3, -0.25) is 9.59 Å². The number of carbonyl (C=O) groups is 2. The minimum Gasteiger partial charge on any atom is -0.325 e. The van der Waals surface area contributed by atoms with E-state index in [9.17, 15) is 9.59 Å². The summed E-state index contributed by atoms with van der Waals surface area (Å²) in [7, 11) is 0. The van der Waals surface area contributed by atoms with E-state index in [2.05, 4.69) is 0 Å². The largest absolute Gasteiger partial charge is 0.325 e. The molecule has 1 atom stereocenters. The molecule has 0 aromatic rings. The number of nitrogens with zero attached hydrogens (tertiary/aromatic N) is 1. The van der Waals surface area contributed by atoms with Crippen LogP contribution < -0.4 is 0 Å². The number of hydrogen-bond acceptors (Lipinski definition) is 3. The van der Waals surface area contributed by atoms with Gasteiger partial charge in [0.2, 0.25) is 5.91 Å². The maximum Gasteiger partial charge on any atom is 0.226 e. The van der Waals surface area contributed by atoms with E-state index in [1.54, 1.807) is 16.7 Å². The van der Waals surface area contributed by atoms with Gasteiger partial charge < -0.3 is 4.90 Å². The van der Waals surface area contributed by atoms with Gasteiger partial charge in [-0.25, -0.2) is 0 Å². The minimum absolute atomic E-state index is 0.162. The number of hydrogen-bond donors (Lipinski definition) is 0. The van der Waals surface area contributed by atoms with Crippen LogP contribution in [0.3, 0.4) is 0 Å². The number of fused-ring (bicyclic) bond motifs is 1. The minimum atomic E-state index is 0.162. The fourth-order valence-electron chi connectivity index (χ4n) is 1.20. The summed E-state index contributed by atoms with van der Waals surface area (Å²) in [5.74, 6) is 0.162. The van der Waals surface area contributed by atoms with Crippen molar-refractivity contribution in [2.45, 2.75) is 11.8 Å². The van der Waals surface area contributed by atoms with Crippen molar-refractivity contribution >= 4 is 24.0 Å². The molecule has 1 saturated heterocycles. The zero-order chi connectivity index (χ0) is 7.84. The molecule has 3 nitrogen and oxygen atoms in total. The maximum absolute atomic E-state index is 10.9. The monoisotopic (exact) mass is 169 g/mol. The Morgan fingerprint density at radius 3 is 3.18 bits per heavy atom. The first-order chi connectivity index (χ1) is 5.31. The van der Waals surface area contributed by atoms with E-state index in [-0.39, 0.29) is 5.91 Å². The van der Waals surface area contributed by atoms with E-state index in [4.69, 9.17) is 0 Å². The van der Waals surface area contributed by atoms with Crippen LogP contribution in [0, 0.1) is 0 Å². The molecular weight excluding hydrogens is 162 g/mol. The van der Waals surface area contributed by atoms with Crippen molar-refractivity contribution in [2.24, 2.45) is 0 Å². The van der Waals surface area contributed by atoms with Crippen LogP contribution >= 0.6 is 11.8 Å². The summed E-state index contributed by atoms with van der Waals surface area (Å²) >= 11 is 1.56. The second kappa shape index (κ2) is 2.37. The SMILES string of the molecule is O=CC1=CSC2CC(=O)N2C1. The van der Waals surface area contributed by atoms with Gasteiger partial charge in [-0.05, 0) is 5.41 Å². The molecule has 1 fully saturated rings. The summed E-state index contributed by atoms with van der Waals surface area (Å²) in [5, 5.41) is 2.16. The van der Waals surface area contributed by atoms with E-state index >= 15 is 0 Å². The average Bonchev–Trinajstić information content (AvgIpc) is 2.03. The highest BCUT2D eigenvalue weighted by Crippen LogP contribution is 2.34. The third-order valence-corrected chi connectivity index (χ3v) is 3.07. The number of thioether (sulfide) groups is 1. The van der Waals surface area contributed by atoms with E-state index < -0.39 is 0 Å². The molecular formula is C7H7NO2S. The van der Waals surface area contributed by atoms with Gasteiger partial charge in [-0.1, -0.05) is 0 Å². The first-order valence-electron chi connectivity index (χ1n) is 3.40. The van der Waals surface area contributed by atoms with Crippen molar-refractivity contribution < 1.29 is 9.59 Å². The second-order valence-corrected chi connectivity index (χ2v) is 3.68. The molecule has 11 heavy (non-hydrogen) atoms. The fraction of sp³-hybridized carbons (Fsp3) is 0.429. The van der Waals surface area contributed by atoms with Crippen LogP contribution in [0.2, 0.25) is 0 Å². The van der Waals surface area contributed by atoms with Gasteiger partial charge in [-0.15, -0.1) is 11.8 Å². The van der Waals surface area contributed by atoms with Gasteiger partial charge in [0.05, 0.1) is 18.3 Å². The van der Waals surface area contributed by atoms with Crippen LogP contribution in [0.5, 0.6) is 0 Å². The Bertz CT molecular complexity index is 249. The highest BCUT2D eigenvalue weighted by Gasteiger charge is 2.38. The molecule has 0 N–H and O–H groups in total. The Balaban J connectivity index is 2.13. The predicted octanol–water partition coefficient (Wildman–Crippen LogP) is 0.374. The molecule has 2 rings (SSSR count). The van der Waals surface area contributed by atoms with E-state index in [1.165, 1.54) is 0 Å². The van der Waals surface area contributed by atoms with Crippen LogP contribution in [-0.2, 0) is 9.59 Å². The van der Waals surface area contributed by atoms with Crippen molar-refractivity contribution in [3.63, 3.8) is 0 Å². The van der Waals surface area contributed by atoms with Gasteiger partial charge in [0, 0.05) is 5.57 Å². The van der Waals surface area contributed by atoms with E-state index in [0.29, 0.717) is 23.9 Å². The topological polar surface area (TPSA) is 37.4 Å². The van der Waals surface area contributed by atoms with Crippen LogP contribution in [0.1, 0.15) is 6.42 Å². The molecule has 0 aromatic heterocycles. The Hall–Kier alpha value is -0.770. The summed E-state index contributed by atoms with van der Waals surface area (Å²) in [4.78, 5) is 22.9. The molecule has 1 unspecified atom stereocenters. The van der Waals surface area contributed by atoms with Crippen LogP contribution in [0.15, 0.2) is 11.0 Å². The Kier molecular flexibility index (Phi) is 1.49. The third kappa shape index (κ3) is 0.976. The van der Waals surface area contributed by atoms with Gasteiger partial charge in [0.1, 0.15) is 6.29 Å². The van der Waals surface area contributed by atoms with Crippen LogP contribution in [0.25, 0.3) is 0 Å². The molecule has 58 valence electrons. The molecule has 0 spiro atoms.